The molecule has 1 atom stereocenters. The van der Waals surface area contributed by atoms with Crippen LogP contribution in [0.25, 0.3) is 0 Å². The van der Waals surface area contributed by atoms with E-state index in [1.54, 1.807) is 19.0 Å². The number of rotatable bonds is 1. The van der Waals surface area contributed by atoms with Gasteiger partial charge in [-0.1, -0.05) is 24.1 Å². The Bertz CT molecular complexity index is 740. The Morgan fingerprint density at radius 1 is 1.07 bits per heavy atom. The van der Waals surface area contributed by atoms with Crippen LogP contribution in [0.4, 0.5) is 4.79 Å². The molecule has 0 N–H and O–H groups in total. The Kier molecular flexibility index (Phi) is 6.57. The van der Waals surface area contributed by atoms with E-state index in [2.05, 4.69) is 30.0 Å². The first-order valence-corrected chi connectivity index (χ1v) is 11.9. The van der Waals surface area contributed by atoms with Crippen LogP contribution in [0.15, 0.2) is 18.2 Å². The Balaban J connectivity index is 0.000000170. The maximum atomic E-state index is 11.3. The molecule has 4 aliphatic rings. The molecular weight excluding hydrogens is 374 g/mol. The molecule has 1 aliphatic carbocycles. The van der Waals surface area contributed by atoms with Crippen molar-refractivity contribution in [2.75, 3.05) is 40.3 Å². The van der Waals surface area contributed by atoms with Gasteiger partial charge >= 0.3 is 6.03 Å². The Hall–Kier alpha value is -1.75. The average Bonchev–Trinajstić information content (AvgIpc) is 3.10. The van der Waals surface area contributed by atoms with Gasteiger partial charge in [-0.25, -0.2) is 4.79 Å². The van der Waals surface area contributed by atoms with Crippen LogP contribution in [0, 0.1) is 6.92 Å². The number of hydrogen-bond acceptors (Lipinski definition) is 3. The zero-order valence-electron chi connectivity index (χ0n) is 19.2. The zero-order valence-corrected chi connectivity index (χ0v) is 19.2. The van der Waals surface area contributed by atoms with Gasteiger partial charge in [-0.2, -0.15) is 0 Å². The summed E-state index contributed by atoms with van der Waals surface area (Å²) in [5, 5.41) is 0. The second-order valence-electron chi connectivity index (χ2n) is 9.93. The molecule has 5 heteroatoms. The number of aryl methyl sites for hydroxylation is 2. The van der Waals surface area contributed by atoms with Crippen LogP contribution in [0.2, 0.25) is 0 Å². The summed E-state index contributed by atoms with van der Waals surface area (Å²) in [6, 6.07) is 7.67. The smallest absolute Gasteiger partial charge is 0.319 e. The second-order valence-corrected chi connectivity index (χ2v) is 9.93. The molecule has 3 heterocycles. The van der Waals surface area contributed by atoms with Gasteiger partial charge in [0, 0.05) is 52.7 Å². The minimum atomic E-state index is 0.123. The lowest BCUT2D eigenvalue weighted by molar-refractivity contribution is 0.0413. The third-order valence-electron chi connectivity index (χ3n) is 7.34. The number of urea groups is 1. The number of fused-ring (bicyclic) bond motifs is 1. The average molecular weight is 414 g/mol. The van der Waals surface area contributed by atoms with Crippen molar-refractivity contribution >= 4 is 6.03 Å². The van der Waals surface area contributed by atoms with Crippen LogP contribution >= 0.6 is 0 Å². The highest BCUT2D eigenvalue weighted by atomic mass is 16.5. The summed E-state index contributed by atoms with van der Waals surface area (Å²) < 4.78 is 6.44. The van der Waals surface area contributed by atoms with Gasteiger partial charge in [0.25, 0.3) is 0 Å². The van der Waals surface area contributed by atoms with Crippen LogP contribution in [-0.4, -0.2) is 72.6 Å². The minimum Gasteiger partial charge on any atom is -0.486 e. The van der Waals surface area contributed by atoms with Crippen LogP contribution in [0.1, 0.15) is 62.5 Å². The van der Waals surface area contributed by atoms with E-state index in [9.17, 15) is 4.79 Å². The lowest BCUT2D eigenvalue weighted by atomic mass is 9.89. The first kappa shape index (κ1) is 21.5. The molecule has 0 bridgehead atoms. The zero-order chi connectivity index (χ0) is 21.1. The van der Waals surface area contributed by atoms with Gasteiger partial charge in [0.2, 0.25) is 0 Å². The normalized spacial score (nSPS) is 26.3. The quantitative estimate of drug-likeness (QED) is 0.681. The SMILES string of the molecule is CN(C)C(=O)N1CCCCC1.Cc1ccc2c(c1)CCC1(CCN(C3CCC3)C1)O2. The monoisotopic (exact) mass is 413 g/mol. The van der Waals surface area contributed by atoms with Crippen LogP contribution < -0.4 is 4.74 Å². The molecule has 1 aromatic carbocycles. The number of nitrogens with zero attached hydrogens (tertiary/aromatic N) is 3. The van der Waals surface area contributed by atoms with Crippen molar-refractivity contribution in [1.82, 2.24) is 14.7 Å². The number of hydrogen-bond donors (Lipinski definition) is 0. The Morgan fingerprint density at radius 3 is 2.50 bits per heavy atom. The highest BCUT2D eigenvalue weighted by Gasteiger charge is 2.45. The van der Waals surface area contributed by atoms with Gasteiger partial charge in [-0.15, -0.1) is 0 Å². The number of carbonyl (C=O) groups excluding carboxylic acids is 1. The van der Waals surface area contributed by atoms with E-state index < -0.39 is 0 Å². The molecule has 2 saturated heterocycles. The number of carbonyl (C=O) groups is 1. The van der Waals surface area contributed by atoms with Gasteiger partial charge in [0.1, 0.15) is 11.4 Å². The molecule has 1 aromatic rings. The number of likely N-dealkylation sites (tertiary alicyclic amines) is 2. The minimum absolute atomic E-state index is 0.123. The Morgan fingerprint density at radius 2 is 1.83 bits per heavy atom. The summed E-state index contributed by atoms with van der Waals surface area (Å²) in [7, 11) is 3.61. The lowest BCUT2D eigenvalue weighted by Crippen LogP contribution is -2.45. The third-order valence-corrected chi connectivity index (χ3v) is 7.34. The molecule has 1 saturated carbocycles. The van der Waals surface area contributed by atoms with Crippen LogP contribution in [0.3, 0.4) is 0 Å². The fourth-order valence-electron chi connectivity index (χ4n) is 5.24. The molecule has 166 valence electrons. The van der Waals surface area contributed by atoms with Gasteiger partial charge in [0.05, 0.1) is 0 Å². The molecule has 3 aliphatic heterocycles. The van der Waals surface area contributed by atoms with Crippen molar-refractivity contribution < 1.29 is 9.53 Å². The summed E-state index contributed by atoms with van der Waals surface area (Å²) in [6.45, 7) is 6.45. The number of ether oxygens (including phenoxy) is 1. The first-order valence-electron chi connectivity index (χ1n) is 11.9. The van der Waals surface area contributed by atoms with Gasteiger partial charge in [-0.3, -0.25) is 4.90 Å². The van der Waals surface area contributed by atoms with Crippen molar-refractivity contribution in [3.63, 3.8) is 0 Å². The Labute approximate surface area is 182 Å². The summed E-state index contributed by atoms with van der Waals surface area (Å²) >= 11 is 0. The third kappa shape index (κ3) is 4.77. The molecule has 5 rings (SSSR count). The van der Waals surface area contributed by atoms with E-state index in [4.69, 9.17) is 4.74 Å². The van der Waals surface area contributed by atoms with Crippen molar-refractivity contribution in [3.8, 4) is 5.75 Å². The van der Waals surface area contributed by atoms with Crippen molar-refractivity contribution in [3.05, 3.63) is 29.3 Å². The highest BCUT2D eigenvalue weighted by Crippen LogP contribution is 2.41. The molecule has 5 nitrogen and oxygen atoms in total. The van der Waals surface area contributed by atoms with E-state index in [0.717, 1.165) is 31.4 Å². The highest BCUT2D eigenvalue weighted by molar-refractivity contribution is 5.73. The van der Waals surface area contributed by atoms with Gasteiger partial charge in [0.15, 0.2) is 0 Å². The number of benzene rings is 1. The van der Waals surface area contributed by atoms with E-state index in [1.165, 1.54) is 75.5 Å². The lowest BCUT2D eigenvalue weighted by Gasteiger charge is -2.39. The van der Waals surface area contributed by atoms with Crippen molar-refractivity contribution in [1.29, 1.82) is 0 Å². The predicted molar refractivity (Wildman–Crippen MR) is 121 cm³/mol. The summed E-state index contributed by atoms with van der Waals surface area (Å²) in [5.74, 6) is 1.15. The topological polar surface area (TPSA) is 36.0 Å². The molecule has 3 fully saturated rings. The summed E-state index contributed by atoms with van der Waals surface area (Å²) in [6.07, 6.45) is 11.5. The van der Waals surface area contributed by atoms with Crippen LogP contribution in [-0.2, 0) is 6.42 Å². The maximum Gasteiger partial charge on any atom is 0.319 e. The number of amides is 2. The van der Waals surface area contributed by atoms with Crippen molar-refractivity contribution in [2.45, 2.75) is 76.4 Å². The fourth-order valence-corrected chi connectivity index (χ4v) is 5.24. The molecule has 2 amide bonds. The van der Waals surface area contributed by atoms with E-state index in [1.807, 2.05) is 4.90 Å². The van der Waals surface area contributed by atoms with E-state index in [0.29, 0.717) is 0 Å². The first-order chi connectivity index (χ1) is 14.5. The van der Waals surface area contributed by atoms with Crippen LogP contribution in [0.5, 0.6) is 5.75 Å². The molecular formula is C25H39N3O2. The standard InChI is InChI=1S/C17H23NO.C8H16N2O/c1-13-5-6-16-14(11-13)7-8-17(19-16)9-10-18(12-17)15-3-2-4-15;1-9(2)8(11)10-6-4-3-5-7-10/h5-6,11,15H,2-4,7-10,12H2,1H3;3-7H2,1-2H3. The molecule has 1 spiro atoms. The van der Waals surface area contributed by atoms with E-state index in [-0.39, 0.29) is 11.6 Å². The number of piperidine rings is 1. The summed E-state index contributed by atoms with van der Waals surface area (Å²) in [5.41, 5.74) is 2.88. The largest absolute Gasteiger partial charge is 0.486 e. The fraction of sp³-hybridized carbons (Fsp3) is 0.720. The van der Waals surface area contributed by atoms with Gasteiger partial charge < -0.3 is 14.5 Å². The summed E-state index contributed by atoms with van der Waals surface area (Å²) in [4.78, 5) is 17.6. The van der Waals surface area contributed by atoms with Crippen molar-refractivity contribution in [2.24, 2.45) is 0 Å². The molecule has 0 radical (unpaired) electrons. The maximum absolute atomic E-state index is 11.3. The van der Waals surface area contributed by atoms with E-state index >= 15 is 0 Å². The molecule has 0 aromatic heterocycles. The molecule has 1 unspecified atom stereocenters. The second kappa shape index (κ2) is 9.17. The molecule has 30 heavy (non-hydrogen) atoms. The van der Waals surface area contributed by atoms with Gasteiger partial charge in [-0.05, 0) is 63.5 Å². The predicted octanol–water partition coefficient (Wildman–Crippen LogP) is 4.47.